The highest BCUT2D eigenvalue weighted by Gasteiger charge is 2.30. The van der Waals surface area contributed by atoms with E-state index in [1.54, 1.807) is 32.0 Å². The van der Waals surface area contributed by atoms with Crippen LogP contribution in [-0.4, -0.2) is 76.1 Å². The fourth-order valence-electron chi connectivity index (χ4n) is 5.80. The predicted octanol–water partition coefficient (Wildman–Crippen LogP) is 4.36. The fraction of sp³-hybridized carbons (Fsp3) is 0.436. The average Bonchev–Trinajstić information content (AvgIpc) is 3.09. The summed E-state index contributed by atoms with van der Waals surface area (Å²) in [4.78, 5) is 53.7. The second-order valence-electron chi connectivity index (χ2n) is 14.1. The summed E-state index contributed by atoms with van der Waals surface area (Å²) in [6, 6.07) is 18.6. The monoisotopic (exact) mass is 766 g/mol. The van der Waals surface area contributed by atoms with E-state index in [0.29, 0.717) is 11.4 Å². The maximum Gasteiger partial charge on any atom is 0.251 e. The third-order valence-corrected chi connectivity index (χ3v) is 10.9. The van der Waals surface area contributed by atoms with Gasteiger partial charge in [-0.2, -0.15) is 0 Å². The van der Waals surface area contributed by atoms with Crippen LogP contribution in [0.2, 0.25) is 5.02 Å². The van der Waals surface area contributed by atoms with E-state index in [1.165, 1.54) is 25.2 Å². The van der Waals surface area contributed by atoms with Crippen LogP contribution < -0.4 is 30.9 Å². The number of carbonyl (C=O) groups excluding carboxylic acids is 4. The van der Waals surface area contributed by atoms with Gasteiger partial charge in [0, 0.05) is 41.8 Å². The van der Waals surface area contributed by atoms with Gasteiger partial charge >= 0.3 is 0 Å². The molecule has 12 nitrogen and oxygen atoms in total. The van der Waals surface area contributed by atoms with Gasteiger partial charge in [0.05, 0.1) is 24.0 Å². The lowest BCUT2D eigenvalue weighted by Gasteiger charge is -2.30. The lowest BCUT2D eigenvalue weighted by atomic mass is 9.92. The molecule has 0 heterocycles. The smallest absolute Gasteiger partial charge is 0.251 e. The fourth-order valence-corrected chi connectivity index (χ4v) is 6.48. The van der Waals surface area contributed by atoms with Crippen LogP contribution in [-0.2, 0) is 26.0 Å². The molecule has 286 valence electrons. The average molecular weight is 767 g/mol. The van der Waals surface area contributed by atoms with Crippen molar-refractivity contribution < 1.29 is 27.6 Å². The number of carbonyl (C=O) groups is 4. The molecule has 0 bridgehead atoms. The van der Waals surface area contributed by atoms with Crippen LogP contribution in [0.25, 0.3) is 0 Å². The number of amides is 4. The number of anilines is 1. The third-order valence-electron chi connectivity index (χ3n) is 9.42. The minimum Gasteiger partial charge on any atom is -0.352 e. The standard InChI is InChI=1S/C39H51ClN6O6S/c1-24(2)35(39(50)43-32-16-11-17-32)45-36(47)26(4)41-23-33(18-27-12-8-7-9-13-27)44-38(49)30-19-29(21-34(22-30)46(5)53(6,51)52)37(48)42-25(3)28-14-10-15-31(40)20-28/h7-10,12-15,19-22,24-26,32-33,35,41H,11,16-18,23H2,1-6H3,(H,42,48)(H,43,50)(H,44,49)(H,45,47)/t25-,26+,33+,35+/m1/s1. The minimum absolute atomic E-state index is 0.0691. The molecule has 0 aromatic heterocycles. The van der Waals surface area contributed by atoms with Crippen molar-refractivity contribution in [3.63, 3.8) is 0 Å². The van der Waals surface area contributed by atoms with E-state index < -0.39 is 46.0 Å². The number of halogens is 1. The van der Waals surface area contributed by atoms with Crippen molar-refractivity contribution in [2.75, 3.05) is 24.2 Å². The Labute approximate surface area is 317 Å². The van der Waals surface area contributed by atoms with Crippen LogP contribution in [0.15, 0.2) is 72.8 Å². The molecule has 0 unspecified atom stereocenters. The lowest BCUT2D eigenvalue weighted by molar-refractivity contribution is -0.131. The number of nitrogens with one attached hydrogen (secondary N) is 5. The molecule has 1 saturated carbocycles. The summed E-state index contributed by atoms with van der Waals surface area (Å²) < 4.78 is 26.1. The topological polar surface area (TPSA) is 166 Å². The van der Waals surface area contributed by atoms with Gasteiger partial charge in [-0.1, -0.05) is 67.9 Å². The first-order valence-corrected chi connectivity index (χ1v) is 20.1. The van der Waals surface area contributed by atoms with E-state index in [4.69, 9.17) is 11.6 Å². The highest BCUT2D eigenvalue weighted by Crippen LogP contribution is 2.23. The molecule has 5 N–H and O–H groups in total. The van der Waals surface area contributed by atoms with E-state index >= 15 is 0 Å². The molecule has 14 heteroatoms. The maximum atomic E-state index is 13.9. The molecule has 3 aromatic rings. The third kappa shape index (κ3) is 12.0. The number of hydrogen-bond donors (Lipinski definition) is 5. The summed E-state index contributed by atoms with van der Waals surface area (Å²) in [5, 5.41) is 15.5. The van der Waals surface area contributed by atoms with Crippen molar-refractivity contribution in [2.24, 2.45) is 5.92 Å². The van der Waals surface area contributed by atoms with Crippen LogP contribution in [0, 0.1) is 5.92 Å². The second-order valence-corrected chi connectivity index (χ2v) is 16.6. The van der Waals surface area contributed by atoms with Crippen LogP contribution in [0.3, 0.4) is 0 Å². The lowest BCUT2D eigenvalue weighted by Crippen LogP contribution is -2.57. The Morgan fingerprint density at radius 1 is 0.830 bits per heavy atom. The van der Waals surface area contributed by atoms with Gasteiger partial charge in [-0.15, -0.1) is 0 Å². The van der Waals surface area contributed by atoms with E-state index in [-0.39, 0.29) is 47.1 Å². The summed E-state index contributed by atoms with van der Waals surface area (Å²) in [6.45, 7) is 7.43. The van der Waals surface area contributed by atoms with Gasteiger partial charge in [0.1, 0.15) is 6.04 Å². The molecule has 3 aromatic carbocycles. The first kappa shape index (κ1) is 41.3. The number of hydrogen-bond acceptors (Lipinski definition) is 7. The molecule has 0 saturated heterocycles. The predicted molar refractivity (Wildman–Crippen MR) is 208 cm³/mol. The molecule has 1 aliphatic rings. The molecule has 0 radical (unpaired) electrons. The van der Waals surface area contributed by atoms with E-state index in [2.05, 4.69) is 26.6 Å². The number of benzene rings is 3. The van der Waals surface area contributed by atoms with Crippen molar-refractivity contribution in [2.45, 2.75) is 83.6 Å². The highest BCUT2D eigenvalue weighted by molar-refractivity contribution is 7.92. The largest absolute Gasteiger partial charge is 0.352 e. The Balaban J connectivity index is 1.53. The summed E-state index contributed by atoms with van der Waals surface area (Å²) >= 11 is 6.15. The van der Waals surface area contributed by atoms with Gasteiger partial charge in [0.25, 0.3) is 11.8 Å². The highest BCUT2D eigenvalue weighted by atomic mass is 35.5. The van der Waals surface area contributed by atoms with Crippen molar-refractivity contribution in [3.8, 4) is 0 Å². The molecule has 1 fully saturated rings. The molecule has 4 rings (SSSR count). The molecular weight excluding hydrogens is 716 g/mol. The normalized spacial score (nSPS) is 15.3. The number of nitrogens with zero attached hydrogens (tertiary/aromatic N) is 1. The maximum absolute atomic E-state index is 13.9. The van der Waals surface area contributed by atoms with Gasteiger partial charge in [-0.05, 0) is 86.9 Å². The summed E-state index contributed by atoms with van der Waals surface area (Å²) in [5.41, 5.74) is 1.99. The zero-order chi connectivity index (χ0) is 38.9. The number of rotatable bonds is 17. The summed E-state index contributed by atoms with van der Waals surface area (Å²) in [5.74, 6) is -1.73. The zero-order valence-corrected chi connectivity index (χ0v) is 32.7. The molecular formula is C39H51ClN6O6S. The Kier molecular flexibility index (Phi) is 14.4. The quantitative estimate of drug-likeness (QED) is 0.136. The van der Waals surface area contributed by atoms with Crippen LogP contribution >= 0.6 is 11.6 Å². The molecule has 1 aliphatic carbocycles. The molecule has 4 amide bonds. The van der Waals surface area contributed by atoms with Crippen molar-refractivity contribution in [1.82, 2.24) is 26.6 Å². The van der Waals surface area contributed by atoms with Gasteiger partial charge < -0.3 is 26.6 Å². The van der Waals surface area contributed by atoms with Gasteiger partial charge in [-0.25, -0.2) is 8.42 Å². The minimum atomic E-state index is -3.74. The van der Waals surface area contributed by atoms with Gasteiger partial charge in [0.15, 0.2) is 0 Å². The van der Waals surface area contributed by atoms with Crippen molar-refractivity contribution in [3.05, 3.63) is 100 Å². The molecule has 53 heavy (non-hydrogen) atoms. The Morgan fingerprint density at radius 2 is 1.47 bits per heavy atom. The summed E-state index contributed by atoms with van der Waals surface area (Å²) in [6.07, 6.45) is 4.39. The Hall–Kier alpha value is -4.46. The summed E-state index contributed by atoms with van der Waals surface area (Å²) in [7, 11) is -2.40. The van der Waals surface area contributed by atoms with Gasteiger partial charge in [0.2, 0.25) is 21.8 Å². The molecule has 4 atom stereocenters. The first-order chi connectivity index (χ1) is 25.0. The van der Waals surface area contributed by atoms with Crippen LogP contribution in [0.5, 0.6) is 0 Å². The van der Waals surface area contributed by atoms with Crippen molar-refractivity contribution >= 4 is 50.9 Å². The second kappa shape index (κ2) is 18.5. The molecule has 0 aliphatic heterocycles. The van der Waals surface area contributed by atoms with E-state index in [9.17, 15) is 27.6 Å². The van der Waals surface area contributed by atoms with Crippen LogP contribution in [0.4, 0.5) is 5.69 Å². The van der Waals surface area contributed by atoms with E-state index in [0.717, 1.165) is 41.0 Å². The SMILES string of the molecule is CC(C)[C@H](NC(=O)[C@H](C)NC[C@H](Cc1ccccc1)NC(=O)c1cc(C(=O)N[C@H](C)c2cccc(Cl)c2)cc(N(C)S(C)(=O)=O)c1)C(=O)NC1CCC1. The zero-order valence-electron chi connectivity index (χ0n) is 31.1. The van der Waals surface area contributed by atoms with Crippen LogP contribution in [0.1, 0.15) is 84.8 Å². The Bertz CT molecular complexity index is 1870. The number of sulfonamides is 1. The van der Waals surface area contributed by atoms with Gasteiger partial charge in [-0.3, -0.25) is 23.5 Å². The molecule has 0 spiro atoms. The van der Waals surface area contributed by atoms with Crippen molar-refractivity contribution in [1.29, 1.82) is 0 Å². The first-order valence-electron chi connectivity index (χ1n) is 17.9. The Morgan fingerprint density at radius 3 is 2.04 bits per heavy atom. The van der Waals surface area contributed by atoms with E-state index in [1.807, 2.05) is 50.2 Å².